The molecule has 0 aliphatic carbocycles. The highest BCUT2D eigenvalue weighted by Gasteiger charge is 2.18. The molecule has 140 valence electrons. The molecule has 0 fully saturated rings. The standard InChI is InChI=1S/C22H23FN2O2/c23-20-4-2-17(3-5-20)18-8-12-25(13-9-18)22(26)24-11-7-16-1-6-21-19(15-16)10-14-27-21/h1-6,8,15H,7,9-14H2,(H,24,26). The number of carbonyl (C=O) groups excluding carboxylic acids is 1. The minimum Gasteiger partial charge on any atom is -0.493 e. The van der Waals surface area contributed by atoms with E-state index in [2.05, 4.69) is 23.5 Å². The van der Waals surface area contributed by atoms with Gasteiger partial charge in [-0.3, -0.25) is 0 Å². The SMILES string of the molecule is O=C(NCCc1ccc2c(c1)CCO2)N1CC=C(c2ccc(F)cc2)CC1. The molecule has 0 radical (unpaired) electrons. The molecule has 2 heterocycles. The third kappa shape index (κ3) is 4.13. The Morgan fingerprint density at radius 3 is 2.78 bits per heavy atom. The molecule has 2 aromatic rings. The van der Waals surface area contributed by atoms with Crippen LogP contribution >= 0.6 is 0 Å². The highest BCUT2D eigenvalue weighted by Crippen LogP contribution is 2.26. The number of ether oxygens (including phenoxy) is 1. The molecule has 2 amide bonds. The van der Waals surface area contributed by atoms with Gasteiger partial charge in [0.2, 0.25) is 0 Å². The van der Waals surface area contributed by atoms with Crippen LogP contribution in [0.15, 0.2) is 48.5 Å². The molecule has 0 saturated heterocycles. The number of hydrogen-bond acceptors (Lipinski definition) is 2. The van der Waals surface area contributed by atoms with Crippen LogP contribution in [-0.4, -0.2) is 37.2 Å². The van der Waals surface area contributed by atoms with Crippen molar-refractivity contribution in [1.29, 1.82) is 0 Å². The number of carbonyl (C=O) groups is 1. The molecule has 0 bridgehead atoms. The third-order valence-electron chi connectivity index (χ3n) is 5.16. The van der Waals surface area contributed by atoms with Crippen molar-refractivity contribution in [3.63, 3.8) is 0 Å². The number of urea groups is 1. The van der Waals surface area contributed by atoms with Crippen LogP contribution in [0, 0.1) is 5.82 Å². The topological polar surface area (TPSA) is 41.6 Å². The van der Waals surface area contributed by atoms with Crippen LogP contribution < -0.4 is 10.1 Å². The number of hydrogen-bond donors (Lipinski definition) is 1. The van der Waals surface area contributed by atoms with Crippen LogP contribution in [0.2, 0.25) is 0 Å². The van der Waals surface area contributed by atoms with Gasteiger partial charge in [0, 0.05) is 26.1 Å². The van der Waals surface area contributed by atoms with Gasteiger partial charge < -0.3 is 15.0 Å². The van der Waals surface area contributed by atoms with Crippen LogP contribution in [0.1, 0.15) is 23.1 Å². The maximum Gasteiger partial charge on any atom is 0.317 e. The fourth-order valence-electron chi connectivity index (χ4n) is 3.60. The lowest BCUT2D eigenvalue weighted by atomic mass is 10.00. The minimum absolute atomic E-state index is 0.0334. The Kier molecular flexibility index (Phi) is 5.10. The highest BCUT2D eigenvalue weighted by molar-refractivity contribution is 5.76. The molecule has 2 aromatic carbocycles. The van der Waals surface area contributed by atoms with Crippen LogP contribution in [-0.2, 0) is 12.8 Å². The molecule has 0 saturated carbocycles. The molecule has 27 heavy (non-hydrogen) atoms. The summed E-state index contributed by atoms with van der Waals surface area (Å²) in [4.78, 5) is 14.2. The van der Waals surface area contributed by atoms with Gasteiger partial charge in [-0.15, -0.1) is 0 Å². The Hall–Kier alpha value is -2.82. The highest BCUT2D eigenvalue weighted by atomic mass is 19.1. The predicted octanol–water partition coefficient (Wildman–Crippen LogP) is 3.80. The van der Waals surface area contributed by atoms with E-state index in [1.807, 2.05) is 11.0 Å². The largest absolute Gasteiger partial charge is 0.493 e. The summed E-state index contributed by atoms with van der Waals surface area (Å²) in [6.07, 6.45) is 4.61. The molecule has 4 rings (SSSR count). The minimum atomic E-state index is -0.230. The fourth-order valence-corrected chi connectivity index (χ4v) is 3.60. The molecule has 0 aromatic heterocycles. The molecule has 4 nitrogen and oxygen atoms in total. The molecular formula is C22H23FN2O2. The summed E-state index contributed by atoms with van der Waals surface area (Å²) in [6.45, 7) is 2.63. The van der Waals surface area contributed by atoms with Gasteiger partial charge in [-0.25, -0.2) is 9.18 Å². The van der Waals surface area contributed by atoms with Crippen molar-refractivity contribution in [3.05, 3.63) is 71.0 Å². The lowest BCUT2D eigenvalue weighted by Gasteiger charge is -2.27. The zero-order valence-electron chi connectivity index (χ0n) is 15.2. The van der Waals surface area contributed by atoms with Crippen molar-refractivity contribution in [2.75, 3.05) is 26.2 Å². The normalized spacial score (nSPS) is 15.7. The van der Waals surface area contributed by atoms with E-state index in [1.54, 1.807) is 12.1 Å². The third-order valence-corrected chi connectivity index (χ3v) is 5.16. The van der Waals surface area contributed by atoms with Crippen molar-refractivity contribution < 1.29 is 13.9 Å². The number of benzene rings is 2. The van der Waals surface area contributed by atoms with Crippen molar-refractivity contribution in [3.8, 4) is 5.75 Å². The number of amides is 2. The van der Waals surface area contributed by atoms with Crippen LogP contribution in [0.25, 0.3) is 5.57 Å². The van der Waals surface area contributed by atoms with Crippen molar-refractivity contribution in [2.24, 2.45) is 0 Å². The van der Waals surface area contributed by atoms with Crippen molar-refractivity contribution in [2.45, 2.75) is 19.3 Å². The first kappa shape index (κ1) is 17.6. The maximum absolute atomic E-state index is 13.0. The van der Waals surface area contributed by atoms with Gasteiger partial charge in [0.25, 0.3) is 0 Å². The number of nitrogens with one attached hydrogen (secondary N) is 1. The molecule has 0 spiro atoms. The summed E-state index contributed by atoms with van der Waals surface area (Å²) < 4.78 is 18.6. The zero-order valence-corrected chi connectivity index (χ0v) is 15.2. The monoisotopic (exact) mass is 366 g/mol. The first-order valence-electron chi connectivity index (χ1n) is 9.41. The lowest BCUT2D eigenvalue weighted by Crippen LogP contribution is -2.42. The van der Waals surface area contributed by atoms with E-state index in [-0.39, 0.29) is 11.8 Å². The maximum atomic E-state index is 13.0. The van der Waals surface area contributed by atoms with Gasteiger partial charge in [-0.05, 0) is 53.3 Å². The molecule has 2 aliphatic rings. The van der Waals surface area contributed by atoms with E-state index < -0.39 is 0 Å². The molecular weight excluding hydrogens is 343 g/mol. The number of fused-ring (bicyclic) bond motifs is 1. The average molecular weight is 366 g/mol. The number of rotatable bonds is 4. The van der Waals surface area contributed by atoms with E-state index in [0.717, 1.165) is 37.2 Å². The summed E-state index contributed by atoms with van der Waals surface area (Å²) >= 11 is 0. The molecule has 5 heteroatoms. The van der Waals surface area contributed by atoms with Crippen molar-refractivity contribution >= 4 is 11.6 Å². The van der Waals surface area contributed by atoms with E-state index in [0.29, 0.717) is 19.6 Å². The number of halogens is 1. The number of nitrogens with zero attached hydrogens (tertiary/aromatic N) is 1. The van der Waals surface area contributed by atoms with Crippen LogP contribution in [0.4, 0.5) is 9.18 Å². The van der Waals surface area contributed by atoms with E-state index in [9.17, 15) is 9.18 Å². The molecule has 0 unspecified atom stereocenters. The summed E-state index contributed by atoms with van der Waals surface area (Å²) in [6, 6.07) is 12.8. The summed E-state index contributed by atoms with van der Waals surface area (Å²) in [5.74, 6) is 0.756. The Morgan fingerprint density at radius 2 is 2.00 bits per heavy atom. The van der Waals surface area contributed by atoms with Crippen LogP contribution in [0.5, 0.6) is 5.75 Å². The van der Waals surface area contributed by atoms with E-state index in [1.165, 1.54) is 28.8 Å². The smallest absolute Gasteiger partial charge is 0.317 e. The summed E-state index contributed by atoms with van der Waals surface area (Å²) in [7, 11) is 0. The Labute approximate surface area is 158 Å². The Balaban J connectivity index is 1.26. The zero-order chi connectivity index (χ0) is 18.6. The first-order chi connectivity index (χ1) is 13.2. The fraction of sp³-hybridized carbons (Fsp3) is 0.318. The molecule has 2 aliphatic heterocycles. The second-order valence-corrected chi connectivity index (χ2v) is 6.95. The van der Waals surface area contributed by atoms with Crippen molar-refractivity contribution in [1.82, 2.24) is 10.2 Å². The van der Waals surface area contributed by atoms with Gasteiger partial charge >= 0.3 is 6.03 Å². The van der Waals surface area contributed by atoms with Gasteiger partial charge in [-0.1, -0.05) is 30.3 Å². The second-order valence-electron chi connectivity index (χ2n) is 6.95. The molecule has 0 atom stereocenters. The van der Waals surface area contributed by atoms with E-state index in [4.69, 9.17) is 4.74 Å². The van der Waals surface area contributed by atoms with Gasteiger partial charge in [0.15, 0.2) is 0 Å². The predicted molar refractivity (Wildman–Crippen MR) is 103 cm³/mol. The van der Waals surface area contributed by atoms with Gasteiger partial charge in [0.05, 0.1) is 6.61 Å². The lowest BCUT2D eigenvalue weighted by molar-refractivity contribution is 0.203. The Bertz CT molecular complexity index is 861. The Morgan fingerprint density at radius 1 is 1.15 bits per heavy atom. The second kappa shape index (κ2) is 7.82. The van der Waals surface area contributed by atoms with Crippen LogP contribution in [0.3, 0.4) is 0 Å². The van der Waals surface area contributed by atoms with Gasteiger partial charge in [-0.2, -0.15) is 0 Å². The average Bonchev–Trinajstić information content (AvgIpc) is 3.16. The van der Waals surface area contributed by atoms with Gasteiger partial charge in [0.1, 0.15) is 11.6 Å². The quantitative estimate of drug-likeness (QED) is 0.894. The first-order valence-corrected chi connectivity index (χ1v) is 9.41. The molecule has 1 N–H and O–H groups in total. The summed E-state index contributed by atoms with van der Waals surface area (Å²) in [5, 5.41) is 3.01. The summed E-state index contributed by atoms with van der Waals surface area (Å²) in [5.41, 5.74) is 4.67. The van der Waals surface area contributed by atoms with E-state index >= 15 is 0 Å².